The summed E-state index contributed by atoms with van der Waals surface area (Å²) in [5.74, 6) is -2.04. The Bertz CT molecular complexity index is 492. The van der Waals surface area contributed by atoms with Crippen molar-refractivity contribution in [2.75, 3.05) is 0 Å². The lowest BCUT2D eigenvalue weighted by Crippen LogP contribution is -2.25. The van der Waals surface area contributed by atoms with Crippen molar-refractivity contribution in [3.63, 3.8) is 0 Å². The molecule has 1 rings (SSSR count). The van der Waals surface area contributed by atoms with Crippen LogP contribution in [0.5, 0.6) is 0 Å². The lowest BCUT2D eigenvalue weighted by Gasteiger charge is -2.06. The summed E-state index contributed by atoms with van der Waals surface area (Å²) in [6.45, 7) is 0. The molecule has 0 aliphatic heterocycles. The minimum atomic E-state index is -1.25. The fourth-order valence-corrected chi connectivity index (χ4v) is 1.16. The number of nitrogens with one attached hydrogen (secondary N) is 1. The third kappa shape index (κ3) is 2.91. The van der Waals surface area contributed by atoms with E-state index in [4.69, 9.17) is 10.2 Å². The zero-order valence-corrected chi connectivity index (χ0v) is 8.58. The van der Waals surface area contributed by atoms with Crippen LogP contribution in [-0.4, -0.2) is 28.4 Å². The van der Waals surface area contributed by atoms with Gasteiger partial charge in [0.25, 0.3) is 5.91 Å². The second kappa shape index (κ2) is 5.45. The van der Waals surface area contributed by atoms with Crippen molar-refractivity contribution in [1.29, 1.82) is 0 Å². The molecule has 0 fully saturated rings. The van der Waals surface area contributed by atoms with Crippen molar-refractivity contribution in [1.82, 2.24) is 5.32 Å². The Morgan fingerprint density at radius 2 is 1.76 bits per heavy atom. The van der Waals surface area contributed by atoms with Gasteiger partial charge in [0, 0.05) is 0 Å². The first-order chi connectivity index (χ1) is 8.10. The van der Waals surface area contributed by atoms with Gasteiger partial charge < -0.3 is 15.5 Å². The molecule has 0 aliphatic carbocycles. The number of hydrogen-bond acceptors (Lipinski definition) is 4. The molecular formula is C11H9NO5. The van der Waals surface area contributed by atoms with E-state index >= 15 is 0 Å². The van der Waals surface area contributed by atoms with Gasteiger partial charge in [-0.3, -0.25) is 9.59 Å². The minimum Gasteiger partial charge on any atom is -0.513 e. The molecule has 0 spiro atoms. The summed E-state index contributed by atoms with van der Waals surface area (Å²) in [4.78, 5) is 32.8. The molecular weight excluding hydrogens is 226 g/mol. The normalized spacial score (nSPS) is 10.7. The van der Waals surface area contributed by atoms with E-state index in [1.54, 1.807) is 0 Å². The highest BCUT2D eigenvalue weighted by Crippen LogP contribution is 2.08. The molecule has 1 amide bonds. The highest BCUT2D eigenvalue weighted by molar-refractivity contribution is 6.06. The zero-order chi connectivity index (χ0) is 12.8. The Balaban J connectivity index is 3.04. The first-order valence-corrected chi connectivity index (χ1v) is 4.53. The molecule has 17 heavy (non-hydrogen) atoms. The molecule has 6 heteroatoms. The highest BCUT2D eigenvalue weighted by Gasteiger charge is 2.16. The van der Waals surface area contributed by atoms with Gasteiger partial charge in [0.15, 0.2) is 6.29 Å². The number of carboxylic acids is 1. The number of carbonyl (C=O) groups is 3. The van der Waals surface area contributed by atoms with Crippen LogP contribution in [0.3, 0.4) is 0 Å². The van der Waals surface area contributed by atoms with Crippen molar-refractivity contribution >= 4 is 18.2 Å². The zero-order valence-electron chi connectivity index (χ0n) is 8.58. The average molecular weight is 235 g/mol. The molecule has 6 nitrogen and oxygen atoms in total. The molecule has 0 bridgehead atoms. The summed E-state index contributed by atoms with van der Waals surface area (Å²) >= 11 is 0. The van der Waals surface area contributed by atoms with Crippen molar-refractivity contribution in [2.45, 2.75) is 0 Å². The molecule has 0 saturated carbocycles. The standard InChI is InChI=1S/C11H9NO5/c13-5-7(6-14)12-10(15)8-3-1-2-4-9(8)11(16)17/h1-6,13H,(H,12,15)(H,16,17). The average Bonchev–Trinajstić information content (AvgIpc) is 2.35. The number of aliphatic hydroxyl groups is 1. The monoisotopic (exact) mass is 235 g/mol. The van der Waals surface area contributed by atoms with Crippen molar-refractivity contribution in [3.8, 4) is 0 Å². The molecule has 0 unspecified atom stereocenters. The van der Waals surface area contributed by atoms with Gasteiger partial charge in [-0.2, -0.15) is 0 Å². The van der Waals surface area contributed by atoms with Gasteiger partial charge in [-0.05, 0) is 12.1 Å². The maximum absolute atomic E-state index is 11.6. The predicted octanol–water partition coefficient (Wildman–Crippen LogP) is 0.713. The Morgan fingerprint density at radius 1 is 1.18 bits per heavy atom. The molecule has 0 atom stereocenters. The number of carboxylic acid groups (broad SMARTS) is 1. The second-order valence-corrected chi connectivity index (χ2v) is 3.01. The molecule has 0 aliphatic rings. The Kier molecular flexibility index (Phi) is 3.99. The first-order valence-electron chi connectivity index (χ1n) is 4.53. The van der Waals surface area contributed by atoms with E-state index in [0.717, 1.165) is 0 Å². The summed E-state index contributed by atoms with van der Waals surface area (Å²) in [7, 11) is 0. The molecule has 1 aromatic rings. The molecule has 0 aromatic heterocycles. The van der Waals surface area contributed by atoms with Crippen LogP contribution < -0.4 is 5.32 Å². The number of aliphatic hydroxyl groups excluding tert-OH is 1. The van der Waals surface area contributed by atoms with Crippen LogP contribution in [-0.2, 0) is 4.79 Å². The van der Waals surface area contributed by atoms with E-state index in [9.17, 15) is 14.4 Å². The smallest absolute Gasteiger partial charge is 0.336 e. The molecule has 0 radical (unpaired) electrons. The van der Waals surface area contributed by atoms with E-state index in [-0.39, 0.29) is 23.1 Å². The number of rotatable bonds is 4. The van der Waals surface area contributed by atoms with E-state index in [2.05, 4.69) is 5.32 Å². The summed E-state index contributed by atoms with van der Waals surface area (Å²) in [6, 6.07) is 5.53. The van der Waals surface area contributed by atoms with Crippen LogP contribution in [0.4, 0.5) is 0 Å². The molecule has 0 saturated heterocycles. The molecule has 1 aromatic carbocycles. The third-order valence-corrected chi connectivity index (χ3v) is 1.93. The minimum absolute atomic E-state index is 0.0961. The highest BCUT2D eigenvalue weighted by atomic mass is 16.4. The number of carbonyl (C=O) groups excluding carboxylic acids is 2. The molecule has 88 valence electrons. The largest absolute Gasteiger partial charge is 0.513 e. The van der Waals surface area contributed by atoms with Gasteiger partial charge in [0.2, 0.25) is 0 Å². The van der Waals surface area contributed by atoms with Crippen molar-refractivity contribution < 1.29 is 24.6 Å². The topological polar surface area (TPSA) is 104 Å². The van der Waals surface area contributed by atoms with Crippen molar-refractivity contribution in [2.24, 2.45) is 0 Å². The van der Waals surface area contributed by atoms with E-state index in [1.165, 1.54) is 24.3 Å². The summed E-state index contributed by atoms with van der Waals surface area (Å²) < 4.78 is 0. The van der Waals surface area contributed by atoms with Crippen LogP contribution in [0.2, 0.25) is 0 Å². The van der Waals surface area contributed by atoms with Crippen LogP contribution in [0.1, 0.15) is 20.7 Å². The molecule has 3 N–H and O–H groups in total. The van der Waals surface area contributed by atoms with E-state index in [1.807, 2.05) is 0 Å². The van der Waals surface area contributed by atoms with Crippen LogP contribution in [0.15, 0.2) is 36.2 Å². The fraction of sp³-hybridized carbons (Fsp3) is 0. The quantitative estimate of drug-likeness (QED) is 0.405. The maximum Gasteiger partial charge on any atom is 0.336 e. The number of hydrogen-bond donors (Lipinski definition) is 3. The van der Waals surface area contributed by atoms with E-state index < -0.39 is 11.9 Å². The number of amides is 1. The molecule has 0 heterocycles. The van der Waals surface area contributed by atoms with Gasteiger partial charge in [-0.25, -0.2) is 4.79 Å². The number of aldehydes is 1. The predicted molar refractivity (Wildman–Crippen MR) is 57.6 cm³/mol. The SMILES string of the molecule is O=CC(=CO)NC(=O)c1ccccc1C(=O)O. The lowest BCUT2D eigenvalue weighted by atomic mass is 10.1. The Labute approximate surface area is 96.2 Å². The number of benzene rings is 1. The van der Waals surface area contributed by atoms with E-state index in [0.29, 0.717) is 6.26 Å². The summed E-state index contributed by atoms with van der Waals surface area (Å²) in [5, 5.41) is 19.5. The van der Waals surface area contributed by atoms with Crippen LogP contribution in [0, 0.1) is 0 Å². The summed E-state index contributed by atoms with van der Waals surface area (Å²) in [5.41, 5.74) is -0.635. The van der Waals surface area contributed by atoms with Gasteiger partial charge in [0.1, 0.15) is 12.0 Å². The van der Waals surface area contributed by atoms with Gasteiger partial charge in [-0.15, -0.1) is 0 Å². The fourth-order valence-electron chi connectivity index (χ4n) is 1.16. The van der Waals surface area contributed by atoms with Gasteiger partial charge >= 0.3 is 5.97 Å². The van der Waals surface area contributed by atoms with Crippen LogP contribution in [0.25, 0.3) is 0 Å². The van der Waals surface area contributed by atoms with Gasteiger partial charge in [0.05, 0.1) is 11.1 Å². The Hall–Kier alpha value is -2.63. The maximum atomic E-state index is 11.6. The summed E-state index contributed by atoms with van der Waals surface area (Å²) in [6.07, 6.45) is 0.662. The third-order valence-electron chi connectivity index (χ3n) is 1.93. The number of aromatic carboxylic acids is 1. The second-order valence-electron chi connectivity index (χ2n) is 3.01. The first kappa shape index (κ1) is 12.4. The lowest BCUT2D eigenvalue weighted by molar-refractivity contribution is -0.105. The Morgan fingerprint density at radius 3 is 2.24 bits per heavy atom. The van der Waals surface area contributed by atoms with Crippen molar-refractivity contribution in [3.05, 3.63) is 47.4 Å². The number of allylic oxidation sites excluding steroid dienone is 1. The van der Waals surface area contributed by atoms with Gasteiger partial charge in [-0.1, -0.05) is 12.1 Å². The van der Waals surface area contributed by atoms with Crippen LogP contribution >= 0.6 is 0 Å².